The maximum absolute atomic E-state index is 13.2. The standard InChI is InChI=1S/C64H82N20O12S/c1-82(37-43-35-72-55-51(74-43)53(65)78-63(67)80-55)45-17-13-39(14-18-45)57(87)76-47(61(91)92)21-23-49(85)69-25-5-3-7-28-84(30-32-96-34-33-95-31-27-71-59(97)41-9-11-42(12-10-41)60(89)90)29-8-4-6-26-70-50(86)24-22-48(62(93)94)77-58(88)40-15-19-46(20-16-40)83(2)38-44-36-73-56-52(75-44)54(66)79-64(68)81-56/h9-20,35-36,47-48H,3-8,21-34,37-38H2,1-2H3,(H,69,85)(H,70,86)(H,71,97)(H,76,87)(H,77,88)(H,89,90)(H,91,92)(H,93,94)(H4,65,67,72,78,80)(H4,66,68,73,79,81)/t47-,48?/m1/s1. The van der Waals surface area contributed by atoms with Gasteiger partial charge in [0.05, 0.1) is 68.9 Å². The molecule has 0 aliphatic carbocycles. The van der Waals surface area contributed by atoms with Gasteiger partial charge in [0.1, 0.15) is 17.1 Å². The van der Waals surface area contributed by atoms with E-state index in [1.807, 2.05) is 23.9 Å². The number of nitrogens with two attached hydrogens (primary N) is 4. The van der Waals surface area contributed by atoms with Crippen LogP contribution < -0.4 is 59.3 Å². The molecule has 0 saturated carbocycles. The van der Waals surface area contributed by atoms with Crippen molar-refractivity contribution in [1.82, 2.24) is 71.4 Å². The third-order valence-electron chi connectivity index (χ3n) is 15.3. The van der Waals surface area contributed by atoms with Gasteiger partial charge in [0.25, 0.3) is 11.8 Å². The van der Waals surface area contributed by atoms with E-state index < -0.39 is 41.8 Å². The van der Waals surface area contributed by atoms with Crippen LogP contribution in [-0.4, -0.2) is 198 Å². The summed E-state index contributed by atoms with van der Waals surface area (Å²) in [6, 6.07) is 16.8. The summed E-state index contributed by atoms with van der Waals surface area (Å²) in [5.41, 5.74) is 28.4. The highest BCUT2D eigenvalue weighted by Crippen LogP contribution is 2.22. The summed E-state index contributed by atoms with van der Waals surface area (Å²) in [5, 5.41) is 42.9. The Morgan fingerprint density at radius 2 is 0.918 bits per heavy atom. The van der Waals surface area contributed by atoms with Crippen LogP contribution in [0.3, 0.4) is 0 Å². The Morgan fingerprint density at radius 1 is 0.495 bits per heavy atom. The van der Waals surface area contributed by atoms with E-state index in [1.54, 1.807) is 73.1 Å². The number of anilines is 6. The number of carboxylic acid groups (broad SMARTS) is 3. The summed E-state index contributed by atoms with van der Waals surface area (Å²) < 4.78 is 11.6. The van der Waals surface area contributed by atoms with Gasteiger partial charge in [0.15, 0.2) is 34.0 Å². The summed E-state index contributed by atoms with van der Waals surface area (Å²) >= 11 is 5.41. The molecule has 0 spiro atoms. The van der Waals surface area contributed by atoms with E-state index in [0.29, 0.717) is 112 Å². The van der Waals surface area contributed by atoms with Gasteiger partial charge in [-0.2, -0.15) is 19.9 Å². The number of nitrogen functional groups attached to an aromatic ring is 4. The lowest BCUT2D eigenvalue weighted by atomic mass is 10.1. The Balaban J connectivity index is 0.784. The fourth-order valence-electron chi connectivity index (χ4n) is 9.93. The second kappa shape index (κ2) is 37.5. The summed E-state index contributed by atoms with van der Waals surface area (Å²) in [4.78, 5) is 128. The van der Waals surface area contributed by atoms with E-state index in [9.17, 15) is 43.8 Å². The number of rotatable bonds is 41. The van der Waals surface area contributed by atoms with Crippen LogP contribution in [0.4, 0.5) is 34.9 Å². The van der Waals surface area contributed by atoms with Crippen LogP contribution in [-0.2, 0) is 41.7 Å². The maximum Gasteiger partial charge on any atom is 0.335 e. The lowest BCUT2D eigenvalue weighted by Gasteiger charge is -2.22. The van der Waals surface area contributed by atoms with Gasteiger partial charge in [-0.3, -0.25) is 19.2 Å². The molecule has 16 N–H and O–H groups in total. The maximum atomic E-state index is 13.2. The van der Waals surface area contributed by atoms with E-state index in [4.69, 9.17) is 49.7 Å². The number of hydrogen-bond acceptors (Lipinski definition) is 25. The van der Waals surface area contributed by atoms with Crippen LogP contribution in [0, 0.1) is 0 Å². The Kier molecular flexibility index (Phi) is 28.5. The van der Waals surface area contributed by atoms with Crippen molar-refractivity contribution in [3.05, 3.63) is 119 Å². The zero-order valence-corrected chi connectivity index (χ0v) is 54.8. The van der Waals surface area contributed by atoms with E-state index in [-0.39, 0.29) is 89.0 Å². The molecule has 4 heterocycles. The Morgan fingerprint density at radius 3 is 1.35 bits per heavy atom. The number of benzene rings is 3. The predicted molar refractivity (Wildman–Crippen MR) is 366 cm³/mol. The summed E-state index contributed by atoms with van der Waals surface area (Å²) in [7, 11) is 3.64. The molecule has 7 rings (SSSR count). The van der Waals surface area contributed by atoms with Crippen molar-refractivity contribution in [2.75, 3.05) is 113 Å². The normalized spacial score (nSPS) is 11.8. The van der Waals surface area contributed by atoms with Crippen molar-refractivity contribution < 1.29 is 58.4 Å². The summed E-state index contributed by atoms with van der Waals surface area (Å²) in [6.07, 6.45) is 7.17. The minimum atomic E-state index is -1.31. The highest BCUT2D eigenvalue weighted by Gasteiger charge is 2.24. The van der Waals surface area contributed by atoms with E-state index in [0.717, 1.165) is 50.1 Å². The van der Waals surface area contributed by atoms with Crippen LogP contribution in [0.2, 0.25) is 0 Å². The molecule has 0 fully saturated rings. The topological polar surface area (TPSA) is 476 Å². The predicted octanol–water partition coefficient (Wildman–Crippen LogP) is 2.95. The number of nitrogens with one attached hydrogen (secondary N) is 5. The Labute approximate surface area is 564 Å². The molecule has 97 heavy (non-hydrogen) atoms. The number of unbranched alkanes of at least 4 members (excludes halogenated alkanes) is 4. The number of carboxylic acids is 3. The molecule has 3 aromatic carbocycles. The molecule has 33 heteroatoms. The second-order valence-corrected chi connectivity index (χ2v) is 23.0. The number of amides is 4. The SMILES string of the molecule is CN(Cc1cnc2nc(N)nc(N)c2n1)c1ccc(C(=O)NC(CCC(=O)NCCCCCN(CCCCCNC(=O)CC[C@@H](NC(=O)c2ccc(N(C)Cc3cnc4nc(N)nc(N)c4n3)cc2)C(=O)O)CCOCCOCCNC(=S)c2ccc(C(=O)O)cc2)C(=O)O)cc1. The third kappa shape index (κ3) is 24.0. The lowest BCUT2D eigenvalue weighted by molar-refractivity contribution is -0.140. The number of hydrogen-bond donors (Lipinski definition) is 12. The first-order valence-corrected chi connectivity index (χ1v) is 31.8. The van der Waals surface area contributed by atoms with E-state index in [1.165, 1.54) is 12.1 Å². The van der Waals surface area contributed by atoms with Gasteiger partial charge < -0.3 is 89.0 Å². The zero-order chi connectivity index (χ0) is 69.8. The van der Waals surface area contributed by atoms with Crippen molar-refractivity contribution in [3.8, 4) is 0 Å². The number of carbonyl (C=O) groups excluding carboxylic acids is 4. The van der Waals surface area contributed by atoms with Crippen LogP contribution in [0.1, 0.15) is 112 Å². The third-order valence-corrected chi connectivity index (χ3v) is 15.6. The summed E-state index contributed by atoms with van der Waals surface area (Å²) in [6.45, 7) is 5.51. The molecule has 4 amide bonds. The molecular formula is C64H82N20O12S. The average molecular weight is 1360 g/mol. The molecular weight excluding hydrogens is 1270 g/mol. The molecule has 2 atom stereocenters. The molecule has 7 aromatic rings. The molecule has 32 nitrogen and oxygen atoms in total. The van der Waals surface area contributed by atoms with Crippen molar-refractivity contribution in [2.45, 2.75) is 89.4 Å². The van der Waals surface area contributed by atoms with Crippen LogP contribution in [0.25, 0.3) is 22.3 Å². The quantitative estimate of drug-likeness (QED) is 0.0194. The number of thiocarbonyl (C=S) groups is 1. The van der Waals surface area contributed by atoms with E-state index in [2.05, 4.69) is 71.4 Å². The van der Waals surface area contributed by atoms with Gasteiger partial charge in [-0.1, -0.05) is 37.2 Å². The van der Waals surface area contributed by atoms with Gasteiger partial charge >= 0.3 is 17.9 Å². The van der Waals surface area contributed by atoms with Gasteiger partial charge in [-0.25, -0.2) is 34.3 Å². The van der Waals surface area contributed by atoms with Gasteiger partial charge in [-0.15, -0.1) is 0 Å². The second-order valence-electron chi connectivity index (χ2n) is 22.6. The highest BCUT2D eigenvalue weighted by atomic mass is 32.1. The summed E-state index contributed by atoms with van der Waals surface area (Å²) in [5.74, 6) is -5.26. The number of carbonyl (C=O) groups is 7. The number of aliphatic carboxylic acids is 2. The zero-order valence-electron chi connectivity index (χ0n) is 53.9. The number of ether oxygens (including phenoxy) is 2. The van der Waals surface area contributed by atoms with Crippen molar-refractivity contribution in [1.29, 1.82) is 0 Å². The Hall–Kier alpha value is -10.6. The lowest BCUT2D eigenvalue weighted by Crippen LogP contribution is -2.41. The minimum absolute atomic E-state index is 0.00859. The molecule has 0 aliphatic heterocycles. The molecule has 0 radical (unpaired) electrons. The van der Waals surface area contributed by atoms with Gasteiger partial charge in [0, 0.05) is 81.2 Å². The monoisotopic (exact) mass is 1350 g/mol. The largest absolute Gasteiger partial charge is 0.480 e. The molecule has 1 unspecified atom stereocenters. The molecule has 0 aliphatic rings. The molecule has 0 saturated heterocycles. The van der Waals surface area contributed by atoms with Crippen molar-refractivity contribution >= 4 is 116 Å². The number of aromatic carboxylic acids is 1. The first kappa shape index (κ1) is 73.8. The van der Waals surface area contributed by atoms with Crippen LogP contribution in [0.15, 0.2) is 85.2 Å². The molecule has 516 valence electrons. The fourth-order valence-corrected chi connectivity index (χ4v) is 10.2. The molecule has 4 aromatic heterocycles. The van der Waals surface area contributed by atoms with Crippen molar-refractivity contribution in [2.24, 2.45) is 0 Å². The van der Waals surface area contributed by atoms with Crippen molar-refractivity contribution in [3.63, 3.8) is 0 Å². The minimum Gasteiger partial charge on any atom is -0.480 e. The molecule has 0 bridgehead atoms. The fraction of sp³-hybridized carbons (Fsp3) is 0.406. The highest BCUT2D eigenvalue weighted by molar-refractivity contribution is 7.80. The Bertz CT molecular complexity index is 3640. The number of fused-ring (bicyclic) bond motifs is 2. The number of nitrogens with zero attached hydrogens (tertiary/aromatic N) is 11. The smallest absolute Gasteiger partial charge is 0.335 e. The average Bonchev–Trinajstić information content (AvgIpc) is 0.823. The number of aromatic nitrogens is 8. The van der Waals surface area contributed by atoms with Gasteiger partial charge in [0.2, 0.25) is 23.7 Å². The van der Waals surface area contributed by atoms with Crippen LogP contribution in [0.5, 0.6) is 0 Å². The van der Waals surface area contributed by atoms with Crippen LogP contribution >= 0.6 is 12.2 Å². The first-order valence-electron chi connectivity index (χ1n) is 31.4. The first-order chi connectivity index (χ1) is 46.6. The van der Waals surface area contributed by atoms with Gasteiger partial charge in [-0.05, 0) is 112 Å². The van der Waals surface area contributed by atoms with E-state index >= 15 is 0 Å².